The van der Waals surface area contributed by atoms with E-state index < -0.39 is 0 Å². The lowest BCUT2D eigenvalue weighted by molar-refractivity contribution is 0.0977. The first-order chi connectivity index (χ1) is 12.8. The smallest absolute Gasteiger partial charge is 0.257 e. The SMILES string of the molecule is CC(C)(C)N1CCc2c(sc(NC(=S)NC(=O)c3ccccc3)c2C#N)C1. The number of thiophene rings is 1. The number of benzene rings is 1. The molecule has 0 bridgehead atoms. The number of carbonyl (C=O) groups excluding carboxylic acids is 1. The van der Waals surface area contributed by atoms with Crippen molar-refractivity contribution < 1.29 is 4.79 Å². The van der Waals surface area contributed by atoms with Gasteiger partial charge in [0.25, 0.3) is 5.91 Å². The first-order valence-corrected chi connectivity index (χ1v) is 9.99. The maximum atomic E-state index is 12.2. The van der Waals surface area contributed by atoms with E-state index >= 15 is 0 Å². The lowest BCUT2D eigenvalue weighted by Crippen LogP contribution is -2.43. The first kappa shape index (κ1) is 19.5. The molecule has 0 spiro atoms. The van der Waals surface area contributed by atoms with Crippen LogP contribution < -0.4 is 10.6 Å². The average molecular weight is 399 g/mol. The Hall–Kier alpha value is -2.27. The van der Waals surface area contributed by atoms with Gasteiger partial charge in [0.05, 0.1) is 5.56 Å². The molecule has 27 heavy (non-hydrogen) atoms. The number of fused-ring (bicyclic) bond motifs is 1. The van der Waals surface area contributed by atoms with Gasteiger partial charge in [-0.25, -0.2) is 0 Å². The Labute approximate surface area is 169 Å². The molecule has 5 nitrogen and oxygen atoms in total. The number of nitriles is 1. The number of amides is 1. The minimum atomic E-state index is -0.271. The van der Waals surface area contributed by atoms with E-state index in [1.165, 1.54) is 4.88 Å². The lowest BCUT2D eigenvalue weighted by atomic mass is 9.98. The van der Waals surface area contributed by atoms with Gasteiger partial charge in [0.2, 0.25) is 0 Å². The molecule has 2 aromatic rings. The van der Waals surface area contributed by atoms with Gasteiger partial charge in [-0.3, -0.25) is 15.0 Å². The molecule has 0 radical (unpaired) electrons. The summed E-state index contributed by atoms with van der Waals surface area (Å²) in [5.41, 5.74) is 2.36. The number of nitrogens with zero attached hydrogens (tertiary/aromatic N) is 2. The quantitative estimate of drug-likeness (QED) is 0.751. The van der Waals surface area contributed by atoms with Gasteiger partial charge in [-0.15, -0.1) is 11.3 Å². The van der Waals surface area contributed by atoms with Gasteiger partial charge >= 0.3 is 0 Å². The van der Waals surface area contributed by atoms with Crippen molar-refractivity contribution in [1.29, 1.82) is 5.26 Å². The molecule has 0 aliphatic carbocycles. The van der Waals surface area contributed by atoms with Crippen LogP contribution in [0.25, 0.3) is 0 Å². The molecule has 0 atom stereocenters. The van der Waals surface area contributed by atoms with Crippen LogP contribution in [-0.4, -0.2) is 28.0 Å². The molecule has 140 valence electrons. The van der Waals surface area contributed by atoms with Crippen molar-refractivity contribution in [2.45, 2.75) is 39.3 Å². The van der Waals surface area contributed by atoms with Gasteiger partial charge in [0.1, 0.15) is 11.1 Å². The topological polar surface area (TPSA) is 68.2 Å². The number of anilines is 1. The minimum Gasteiger partial charge on any atom is -0.323 e. The molecule has 1 aliphatic heterocycles. The van der Waals surface area contributed by atoms with Crippen molar-refractivity contribution in [3.63, 3.8) is 0 Å². The van der Waals surface area contributed by atoms with E-state index in [4.69, 9.17) is 12.2 Å². The second-order valence-electron chi connectivity index (χ2n) is 7.44. The predicted molar refractivity (Wildman–Crippen MR) is 113 cm³/mol. The molecular formula is C20H22N4OS2. The van der Waals surface area contributed by atoms with Gasteiger partial charge in [0, 0.05) is 29.1 Å². The zero-order chi connectivity index (χ0) is 19.6. The fraction of sp³-hybridized carbons (Fsp3) is 0.350. The summed E-state index contributed by atoms with van der Waals surface area (Å²) in [7, 11) is 0. The van der Waals surface area contributed by atoms with Crippen LogP contribution >= 0.6 is 23.6 Å². The molecule has 3 rings (SSSR count). The molecule has 2 N–H and O–H groups in total. The predicted octanol–water partition coefficient (Wildman–Crippen LogP) is 3.90. The molecule has 0 fully saturated rings. The zero-order valence-corrected chi connectivity index (χ0v) is 17.3. The monoisotopic (exact) mass is 398 g/mol. The third-order valence-electron chi connectivity index (χ3n) is 4.61. The number of hydrogen-bond donors (Lipinski definition) is 2. The van der Waals surface area contributed by atoms with Gasteiger partial charge in [-0.1, -0.05) is 18.2 Å². The highest BCUT2D eigenvalue weighted by molar-refractivity contribution is 7.80. The van der Waals surface area contributed by atoms with Crippen molar-refractivity contribution in [2.24, 2.45) is 0 Å². The molecule has 0 saturated carbocycles. The molecule has 1 aliphatic rings. The number of hydrogen-bond acceptors (Lipinski definition) is 5. The summed E-state index contributed by atoms with van der Waals surface area (Å²) in [6.45, 7) is 8.35. The van der Waals surface area contributed by atoms with Crippen molar-refractivity contribution in [3.05, 3.63) is 51.9 Å². The molecule has 0 unspecified atom stereocenters. The summed E-state index contributed by atoms with van der Waals surface area (Å²) in [6.07, 6.45) is 0.844. The Morgan fingerprint density at radius 2 is 2.00 bits per heavy atom. The van der Waals surface area contributed by atoms with Gasteiger partial charge in [-0.05, 0) is 57.1 Å². The third kappa shape index (κ3) is 4.35. The standard InChI is InChI=1S/C20H22N4OS2/c1-20(2,3)24-10-9-14-15(11-21)18(27-16(14)12-24)23-19(26)22-17(25)13-7-5-4-6-8-13/h4-8H,9-10,12H2,1-3H3,(H2,22,23,25,26). The number of nitrogens with one attached hydrogen (secondary N) is 2. The van der Waals surface area contributed by atoms with Gasteiger partial charge in [0.15, 0.2) is 5.11 Å². The average Bonchev–Trinajstić information content (AvgIpc) is 2.97. The first-order valence-electron chi connectivity index (χ1n) is 8.76. The second kappa shape index (κ2) is 7.77. The van der Waals surface area contributed by atoms with Crippen LogP contribution in [0.4, 0.5) is 5.00 Å². The van der Waals surface area contributed by atoms with Crippen LogP contribution in [0.5, 0.6) is 0 Å². The number of rotatable bonds is 2. The minimum absolute atomic E-state index is 0.0844. The highest BCUT2D eigenvalue weighted by Crippen LogP contribution is 2.38. The summed E-state index contributed by atoms with van der Waals surface area (Å²) in [6, 6.07) is 11.2. The highest BCUT2D eigenvalue weighted by atomic mass is 32.1. The zero-order valence-electron chi connectivity index (χ0n) is 15.6. The fourth-order valence-corrected chi connectivity index (χ4v) is 4.56. The largest absolute Gasteiger partial charge is 0.323 e. The number of thiocarbonyl (C=S) groups is 1. The van der Waals surface area contributed by atoms with E-state index in [2.05, 4.69) is 42.4 Å². The van der Waals surface area contributed by atoms with Gasteiger partial charge in [-0.2, -0.15) is 5.26 Å². The highest BCUT2D eigenvalue weighted by Gasteiger charge is 2.30. The number of carbonyl (C=O) groups is 1. The van der Waals surface area contributed by atoms with E-state index in [0.717, 1.165) is 25.1 Å². The maximum Gasteiger partial charge on any atom is 0.257 e. The van der Waals surface area contributed by atoms with E-state index in [1.54, 1.807) is 35.6 Å². The molecule has 2 heterocycles. The van der Waals surface area contributed by atoms with Crippen LogP contribution in [0.3, 0.4) is 0 Å². The van der Waals surface area contributed by atoms with Crippen molar-refractivity contribution >= 4 is 39.6 Å². The van der Waals surface area contributed by atoms with Crippen molar-refractivity contribution in [3.8, 4) is 6.07 Å². The maximum absolute atomic E-state index is 12.2. The fourth-order valence-electron chi connectivity index (χ4n) is 3.08. The Balaban J connectivity index is 1.74. The molecule has 1 amide bonds. The normalized spacial score (nSPS) is 14.1. The molecule has 1 aromatic heterocycles. The Kier molecular flexibility index (Phi) is 5.61. The summed E-state index contributed by atoms with van der Waals surface area (Å²) in [4.78, 5) is 15.8. The van der Waals surface area contributed by atoms with Crippen LogP contribution in [0.2, 0.25) is 0 Å². The lowest BCUT2D eigenvalue weighted by Gasteiger charge is -2.38. The van der Waals surface area contributed by atoms with E-state index in [1.807, 2.05) is 6.07 Å². The molecule has 1 aromatic carbocycles. The second-order valence-corrected chi connectivity index (χ2v) is 8.95. The van der Waals surface area contributed by atoms with E-state index in [0.29, 0.717) is 16.1 Å². The Bertz CT molecular complexity index is 907. The molecule has 7 heteroatoms. The van der Waals surface area contributed by atoms with Gasteiger partial charge < -0.3 is 5.32 Å². The summed E-state index contributed by atoms with van der Waals surface area (Å²) in [5, 5.41) is 16.3. The summed E-state index contributed by atoms with van der Waals surface area (Å²) in [5.74, 6) is -0.271. The Morgan fingerprint density at radius 1 is 1.30 bits per heavy atom. The molecular weight excluding hydrogens is 376 g/mol. The van der Waals surface area contributed by atoms with E-state index in [-0.39, 0.29) is 16.6 Å². The van der Waals surface area contributed by atoms with E-state index in [9.17, 15) is 10.1 Å². The van der Waals surface area contributed by atoms with Crippen LogP contribution in [0.1, 0.15) is 47.1 Å². The van der Waals surface area contributed by atoms with Crippen LogP contribution in [-0.2, 0) is 13.0 Å². The Morgan fingerprint density at radius 3 is 2.63 bits per heavy atom. The van der Waals surface area contributed by atoms with Crippen molar-refractivity contribution in [2.75, 3.05) is 11.9 Å². The third-order valence-corrected chi connectivity index (χ3v) is 5.94. The molecule has 0 saturated heterocycles. The summed E-state index contributed by atoms with van der Waals surface area (Å²) < 4.78 is 0. The van der Waals surface area contributed by atoms with Crippen LogP contribution in [0, 0.1) is 11.3 Å². The van der Waals surface area contributed by atoms with Crippen molar-refractivity contribution in [1.82, 2.24) is 10.2 Å². The van der Waals surface area contributed by atoms with Crippen LogP contribution in [0.15, 0.2) is 30.3 Å². The summed E-state index contributed by atoms with van der Waals surface area (Å²) >= 11 is 6.83.